The molecule has 0 saturated heterocycles. The molecule has 0 spiro atoms. The van der Waals surface area contributed by atoms with Gasteiger partial charge in [0, 0.05) is 11.9 Å². The third-order valence-corrected chi connectivity index (χ3v) is 4.27. The number of nitrogens with zero attached hydrogens (tertiary/aromatic N) is 2. The van der Waals surface area contributed by atoms with Gasteiger partial charge in [-0.25, -0.2) is 5.43 Å². The molecule has 0 aliphatic heterocycles. The number of aromatic nitrogens is 1. The van der Waals surface area contributed by atoms with Crippen LogP contribution in [0.1, 0.15) is 15.9 Å². The van der Waals surface area contributed by atoms with E-state index in [2.05, 4.69) is 17.1 Å². The second kappa shape index (κ2) is 8.30. The molecule has 3 aromatic rings. The highest BCUT2D eigenvalue weighted by Crippen LogP contribution is 2.27. The van der Waals surface area contributed by atoms with Gasteiger partial charge in [0.05, 0.1) is 18.8 Å². The van der Waals surface area contributed by atoms with E-state index in [9.17, 15) is 19.8 Å². The summed E-state index contributed by atoms with van der Waals surface area (Å²) in [6.07, 6.45) is 2.85. The van der Waals surface area contributed by atoms with Crippen molar-refractivity contribution in [2.24, 2.45) is 5.10 Å². The molecular weight excluding hydrogens is 374 g/mol. The third-order valence-electron chi connectivity index (χ3n) is 4.27. The largest absolute Gasteiger partial charge is 0.506 e. The quantitative estimate of drug-likeness (QED) is 0.338. The first-order valence-electron chi connectivity index (χ1n) is 8.63. The number of nitrogens with one attached hydrogen (secondary N) is 1. The molecule has 29 heavy (non-hydrogen) atoms. The van der Waals surface area contributed by atoms with E-state index < -0.39 is 22.8 Å². The van der Waals surface area contributed by atoms with Gasteiger partial charge in [0.25, 0.3) is 11.5 Å². The Hall–Kier alpha value is -4.07. The van der Waals surface area contributed by atoms with Gasteiger partial charge in [-0.15, -0.1) is 6.58 Å². The number of phenols is 1. The first-order valence-corrected chi connectivity index (χ1v) is 8.63. The molecule has 1 heterocycles. The maximum absolute atomic E-state index is 12.8. The van der Waals surface area contributed by atoms with E-state index in [1.54, 1.807) is 30.3 Å². The number of aromatic hydroxyl groups is 2. The summed E-state index contributed by atoms with van der Waals surface area (Å²) in [6, 6.07) is 11.2. The van der Waals surface area contributed by atoms with Gasteiger partial charge in [0.2, 0.25) is 0 Å². The lowest BCUT2D eigenvalue weighted by Crippen LogP contribution is -2.31. The average molecular weight is 393 g/mol. The summed E-state index contributed by atoms with van der Waals surface area (Å²) < 4.78 is 6.36. The van der Waals surface area contributed by atoms with E-state index in [4.69, 9.17) is 4.74 Å². The first kappa shape index (κ1) is 19.7. The van der Waals surface area contributed by atoms with Crippen molar-refractivity contribution in [1.82, 2.24) is 9.99 Å². The molecule has 2 aromatic carbocycles. The number of rotatable bonds is 6. The maximum Gasteiger partial charge on any atom is 0.280 e. The standard InChI is InChI=1S/C21H19N3O5/c1-3-10-24-15-7-5-4-6-14(15)19(26)18(21(24)28)20(27)23-22-12-13-8-9-16(25)17(11-13)29-2/h3-9,11-12,25-26H,1,10H2,2H3,(H,23,27)/b22-12-. The minimum atomic E-state index is -0.849. The fourth-order valence-electron chi connectivity index (χ4n) is 2.90. The number of benzene rings is 2. The highest BCUT2D eigenvalue weighted by molar-refractivity contribution is 6.02. The van der Waals surface area contributed by atoms with Gasteiger partial charge < -0.3 is 19.5 Å². The number of hydrazone groups is 1. The van der Waals surface area contributed by atoms with Crippen LogP contribution in [0.15, 0.2) is 65.0 Å². The molecule has 0 radical (unpaired) electrons. The van der Waals surface area contributed by atoms with Crippen molar-refractivity contribution < 1.29 is 19.7 Å². The lowest BCUT2D eigenvalue weighted by atomic mass is 10.1. The number of hydrogen-bond acceptors (Lipinski definition) is 6. The minimum Gasteiger partial charge on any atom is -0.506 e. The summed E-state index contributed by atoms with van der Waals surface area (Å²) >= 11 is 0. The van der Waals surface area contributed by atoms with E-state index in [-0.39, 0.29) is 18.0 Å². The highest BCUT2D eigenvalue weighted by atomic mass is 16.5. The van der Waals surface area contributed by atoms with Crippen LogP contribution in [0.2, 0.25) is 0 Å². The molecule has 1 amide bonds. The Morgan fingerprint density at radius 3 is 2.76 bits per heavy atom. The van der Waals surface area contributed by atoms with E-state index in [1.165, 1.54) is 36.1 Å². The van der Waals surface area contributed by atoms with Gasteiger partial charge in [0.15, 0.2) is 11.5 Å². The number of phenolic OH excluding ortho intramolecular Hbond substituents is 1. The molecule has 0 aliphatic carbocycles. The Bertz CT molecular complexity index is 1180. The van der Waals surface area contributed by atoms with Crippen LogP contribution in [-0.4, -0.2) is 34.0 Å². The Balaban J connectivity index is 1.95. The van der Waals surface area contributed by atoms with Crippen LogP contribution >= 0.6 is 0 Å². The number of methoxy groups -OCH3 is 1. The molecule has 3 N–H and O–H groups in total. The molecule has 0 saturated carbocycles. The number of carbonyl (C=O) groups excluding carboxylic acids is 1. The zero-order valence-electron chi connectivity index (χ0n) is 15.6. The number of fused-ring (bicyclic) bond motifs is 1. The minimum absolute atomic E-state index is 0.0301. The summed E-state index contributed by atoms with van der Waals surface area (Å²) in [5.74, 6) is -1.04. The fourth-order valence-corrected chi connectivity index (χ4v) is 2.90. The zero-order valence-corrected chi connectivity index (χ0v) is 15.6. The Morgan fingerprint density at radius 2 is 2.03 bits per heavy atom. The monoisotopic (exact) mass is 393 g/mol. The van der Waals surface area contributed by atoms with Crippen LogP contribution in [0.25, 0.3) is 10.9 Å². The van der Waals surface area contributed by atoms with Gasteiger partial charge in [-0.05, 0) is 35.9 Å². The molecule has 0 atom stereocenters. The maximum atomic E-state index is 12.8. The Labute approximate surface area is 166 Å². The highest BCUT2D eigenvalue weighted by Gasteiger charge is 2.21. The fraction of sp³-hybridized carbons (Fsp3) is 0.0952. The predicted octanol–water partition coefficient (Wildman–Crippen LogP) is 2.37. The van der Waals surface area contributed by atoms with Gasteiger partial charge in [-0.2, -0.15) is 5.10 Å². The van der Waals surface area contributed by atoms with Gasteiger partial charge >= 0.3 is 0 Å². The van der Waals surface area contributed by atoms with Gasteiger partial charge in [-0.1, -0.05) is 18.2 Å². The SMILES string of the molecule is C=CCn1c(=O)c(C(=O)N/N=C\c2ccc(O)c(OC)c2)c(O)c2ccccc21. The second-order valence-corrected chi connectivity index (χ2v) is 6.08. The molecule has 148 valence electrons. The smallest absolute Gasteiger partial charge is 0.280 e. The summed E-state index contributed by atoms with van der Waals surface area (Å²) in [5.41, 5.74) is 2.22. The van der Waals surface area contributed by atoms with Crippen molar-refractivity contribution in [1.29, 1.82) is 0 Å². The number of pyridine rings is 1. The summed E-state index contributed by atoms with van der Waals surface area (Å²) in [7, 11) is 1.41. The molecule has 8 nitrogen and oxygen atoms in total. The van der Waals surface area contributed by atoms with Crippen molar-refractivity contribution in [2.75, 3.05) is 7.11 Å². The Kier molecular flexibility index (Phi) is 5.64. The lowest BCUT2D eigenvalue weighted by molar-refractivity contribution is 0.0950. The van der Waals surface area contributed by atoms with Crippen molar-refractivity contribution in [2.45, 2.75) is 6.54 Å². The zero-order chi connectivity index (χ0) is 21.0. The third kappa shape index (κ3) is 3.81. The van der Waals surface area contributed by atoms with Crippen LogP contribution in [0, 0.1) is 0 Å². The molecule has 1 aromatic heterocycles. The molecule has 3 rings (SSSR count). The summed E-state index contributed by atoms with van der Waals surface area (Å²) in [4.78, 5) is 25.4. The number of allylic oxidation sites excluding steroid dienone is 1. The molecule has 0 aliphatic rings. The van der Waals surface area contributed by atoms with Crippen molar-refractivity contribution in [3.8, 4) is 17.2 Å². The molecule has 0 bridgehead atoms. The number of amides is 1. The van der Waals surface area contributed by atoms with Crippen LogP contribution < -0.4 is 15.7 Å². The van der Waals surface area contributed by atoms with E-state index >= 15 is 0 Å². The van der Waals surface area contributed by atoms with E-state index in [0.717, 1.165) is 0 Å². The van der Waals surface area contributed by atoms with Crippen molar-refractivity contribution in [3.05, 3.63) is 76.6 Å². The molecule has 0 fully saturated rings. The van der Waals surface area contributed by atoms with Crippen molar-refractivity contribution in [3.63, 3.8) is 0 Å². The average Bonchev–Trinajstić information content (AvgIpc) is 2.72. The number of hydrogen-bond donors (Lipinski definition) is 3. The summed E-state index contributed by atoms with van der Waals surface area (Å²) in [6.45, 7) is 3.81. The van der Waals surface area contributed by atoms with Gasteiger partial charge in [-0.3, -0.25) is 9.59 Å². The molecule has 0 unspecified atom stereocenters. The number of carbonyl (C=O) groups is 1. The Morgan fingerprint density at radius 1 is 1.28 bits per heavy atom. The normalized spacial score (nSPS) is 10.9. The molecular formula is C21H19N3O5. The van der Waals surface area contributed by atoms with E-state index in [1.807, 2.05) is 0 Å². The number of ether oxygens (including phenoxy) is 1. The lowest BCUT2D eigenvalue weighted by Gasteiger charge is -2.12. The predicted molar refractivity (Wildman–Crippen MR) is 110 cm³/mol. The second-order valence-electron chi connectivity index (χ2n) is 6.08. The first-order chi connectivity index (χ1) is 14.0. The van der Waals surface area contributed by atoms with Crippen molar-refractivity contribution >= 4 is 23.0 Å². The van der Waals surface area contributed by atoms with Crippen LogP contribution in [-0.2, 0) is 6.54 Å². The van der Waals surface area contributed by atoms with E-state index in [0.29, 0.717) is 16.5 Å². The topological polar surface area (TPSA) is 113 Å². The van der Waals surface area contributed by atoms with Gasteiger partial charge in [0.1, 0.15) is 11.3 Å². The molecule has 8 heteroatoms. The van der Waals surface area contributed by atoms with Crippen LogP contribution in [0.3, 0.4) is 0 Å². The van der Waals surface area contributed by atoms with Crippen LogP contribution in [0.5, 0.6) is 17.2 Å². The number of para-hydroxylation sites is 1. The summed E-state index contributed by atoms with van der Waals surface area (Å²) in [5, 5.41) is 24.3. The van der Waals surface area contributed by atoms with Crippen LogP contribution in [0.4, 0.5) is 0 Å².